The molecule has 0 amide bonds. The molecule has 0 unspecified atom stereocenters. The minimum absolute atomic E-state index is 0.0267. The first-order valence-corrected chi connectivity index (χ1v) is 15.9. The number of hydrogen-bond donors (Lipinski definition) is 0. The number of benzene rings is 3. The summed E-state index contributed by atoms with van der Waals surface area (Å²) < 4.78 is 19.1. The number of thiazole rings is 1. The van der Waals surface area contributed by atoms with Gasteiger partial charge in [0.15, 0.2) is 10.6 Å². The number of non-ortho nitro benzene ring substituents is 1. The van der Waals surface area contributed by atoms with Crippen LogP contribution in [0.5, 0.6) is 11.5 Å². The topological polar surface area (TPSA) is 122 Å². The number of aromatic nitrogens is 1. The van der Waals surface area contributed by atoms with Crippen LogP contribution in [0.4, 0.5) is 5.69 Å². The van der Waals surface area contributed by atoms with Gasteiger partial charge in [0, 0.05) is 17.7 Å². The van der Waals surface area contributed by atoms with Crippen LogP contribution in [0.15, 0.2) is 81.7 Å². The van der Waals surface area contributed by atoms with E-state index >= 15 is 0 Å². The second kappa shape index (κ2) is 13.9. The van der Waals surface area contributed by atoms with Crippen LogP contribution in [0, 0.1) is 10.1 Å². The number of nitro benzene ring substituents is 1. The Balaban J connectivity index is 1.54. The number of para-hydroxylation sites is 1. The fourth-order valence-corrected chi connectivity index (χ4v) is 6.63. The van der Waals surface area contributed by atoms with Crippen LogP contribution in [0.3, 0.4) is 0 Å². The van der Waals surface area contributed by atoms with Crippen LogP contribution in [-0.2, 0) is 16.1 Å². The Labute approximate surface area is 277 Å². The summed E-state index contributed by atoms with van der Waals surface area (Å²) in [5, 5.41) is 11.3. The van der Waals surface area contributed by atoms with Crippen LogP contribution in [0.2, 0.25) is 10.0 Å². The Morgan fingerprint density at radius 2 is 1.80 bits per heavy atom. The van der Waals surface area contributed by atoms with Gasteiger partial charge in [0.1, 0.15) is 18.4 Å². The number of hydrogen-bond acceptors (Lipinski definition) is 9. The molecule has 0 saturated carbocycles. The van der Waals surface area contributed by atoms with Crippen molar-refractivity contribution in [3.8, 4) is 11.5 Å². The molecule has 1 aliphatic heterocycles. The monoisotopic (exact) mass is 681 g/mol. The largest absolute Gasteiger partial charge is 0.491 e. The molecule has 0 radical (unpaired) electrons. The number of carbonyl (C=O) groups is 1. The number of allylic oxidation sites excluding steroid dienone is 1. The van der Waals surface area contributed by atoms with Crippen molar-refractivity contribution in [1.29, 1.82) is 0 Å². The highest BCUT2D eigenvalue weighted by molar-refractivity contribution is 7.07. The zero-order chi connectivity index (χ0) is 33.1. The van der Waals surface area contributed by atoms with Crippen molar-refractivity contribution in [3.63, 3.8) is 0 Å². The van der Waals surface area contributed by atoms with Gasteiger partial charge < -0.3 is 14.2 Å². The number of halogens is 2. The molecule has 2 heterocycles. The Hall–Kier alpha value is -4.45. The first kappa shape index (κ1) is 32.9. The van der Waals surface area contributed by atoms with Crippen molar-refractivity contribution in [1.82, 2.24) is 4.57 Å². The smallest absolute Gasteiger partial charge is 0.338 e. The Kier molecular flexibility index (Phi) is 9.95. The summed E-state index contributed by atoms with van der Waals surface area (Å²) in [6.45, 7) is 7.48. The van der Waals surface area contributed by atoms with E-state index in [0.717, 1.165) is 0 Å². The number of rotatable bonds is 10. The van der Waals surface area contributed by atoms with Gasteiger partial charge >= 0.3 is 5.97 Å². The number of ether oxygens (including phenoxy) is 3. The molecule has 238 valence electrons. The number of fused-ring (bicyclic) bond motifs is 1. The van der Waals surface area contributed by atoms with Crippen LogP contribution < -0.4 is 24.4 Å². The van der Waals surface area contributed by atoms with Crippen molar-refractivity contribution in [2.75, 3.05) is 6.61 Å². The molecule has 4 aromatic rings. The van der Waals surface area contributed by atoms with E-state index in [-0.39, 0.29) is 51.9 Å². The summed E-state index contributed by atoms with van der Waals surface area (Å²) >= 11 is 14.3. The number of nitro groups is 1. The van der Waals surface area contributed by atoms with Crippen molar-refractivity contribution < 1.29 is 23.9 Å². The molecule has 0 N–H and O–H groups in total. The van der Waals surface area contributed by atoms with Crippen LogP contribution in [-0.4, -0.2) is 28.2 Å². The van der Waals surface area contributed by atoms with Crippen LogP contribution in [0.1, 0.15) is 50.4 Å². The molecule has 5 rings (SSSR count). The molecule has 46 heavy (non-hydrogen) atoms. The standard InChI is InChI=1S/C33H29Cl2N3O7S/c1-5-43-32(40)28-19(4)36-33-37(29(28)23-8-6-7-9-26(23)45-18(2)3)31(39)27(46-33)16-21-14-24(34)30(25(35)15-21)44-17-20-10-12-22(13-11-20)38(41)42/h6-16,18,29H,5,17H2,1-4H3/b27-16+/t29-/m0/s1. The van der Waals surface area contributed by atoms with E-state index in [4.69, 9.17) is 37.4 Å². The average Bonchev–Trinajstić information content (AvgIpc) is 3.30. The summed E-state index contributed by atoms with van der Waals surface area (Å²) in [5.74, 6) is 0.207. The molecule has 0 fully saturated rings. The van der Waals surface area contributed by atoms with E-state index < -0.39 is 16.9 Å². The van der Waals surface area contributed by atoms with Gasteiger partial charge in [-0.05, 0) is 75.2 Å². The predicted molar refractivity (Wildman–Crippen MR) is 176 cm³/mol. The molecular formula is C33H29Cl2N3O7S. The van der Waals surface area contributed by atoms with E-state index in [9.17, 15) is 19.7 Å². The molecule has 3 aromatic carbocycles. The third-order valence-electron chi connectivity index (χ3n) is 6.94. The average molecular weight is 683 g/mol. The van der Waals surface area contributed by atoms with Crippen molar-refractivity contribution in [3.05, 3.63) is 128 Å². The molecule has 0 spiro atoms. The van der Waals surface area contributed by atoms with E-state index in [1.54, 1.807) is 50.3 Å². The lowest BCUT2D eigenvalue weighted by Gasteiger charge is -2.26. The second-order valence-corrected chi connectivity index (χ2v) is 12.4. The fourth-order valence-electron chi connectivity index (χ4n) is 4.97. The van der Waals surface area contributed by atoms with E-state index in [1.807, 2.05) is 32.0 Å². The van der Waals surface area contributed by atoms with Gasteiger partial charge in [-0.2, -0.15) is 0 Å². The number of carbonyl (C=O) groups excluding carboxylic acids is 1. The van der Waals surface area contributed by atoms with Crippen LogP contribution >= 0.6 is 34.5 Å². The van der Waals surface area contributed by atoms with Gasteiger partial charge in [-0.25, -0.2) is 9.79 Å². The minimum atomic E-state index is -0.838. The third kappa shape index (κ3) is 6.86. The van der Waals surface area contributed by atoms with Crippen molar-refractivity contribution in [2.24, 2.45) is 4.99 Å². The molecule has 10 nitrogen and oxygen atoms in total. The SMILES string of the molecule is CCOC(=O)C1=C(C)N=c2s/c(=C/c3cc(Cl)c(OCc4ccc([N+](=O)[O-])cc4)c(Cl)c3)c(=O)n2[C@H]1c1ccccc1OC(C)C. The molecule has 1 atom stereocenters. The minimum Gasteiger partial charge on any atom is -0.491 e. The van der Waals surface area contributed by atoms with Crippen LogP contribution in [0.25, 0.3) is 6.08 Å². The highest BCUT2D eigenvalue weighted by atomic mass is 35.5. The van der Waals surface area contributed by atoms with Gasteiger partial charge in [0.05, 0.1) is 43.5 Å². The molecule has 1 aromatic heterocycles. The molecule has 0 bridgehead atoms. The lowest BCUT2D eigenvalue weighted by molar-refractivity contribution is -0.384. The zero-order valence-corrected chi connectivity index (χ0v) is 27.6. The summed E-state index contributed by atoms with van der Waals surface area (Å²) in [7, 11) is 0. The fraction of sp³-hybridized carbons (Fsp3) is 0.242. The molecule has 0 aliphatic carbocycles. The number of nitrogens with zero attached hydrogens (tertiary/aromatic N) is 3. The summed E-state index contributed by atoms with van der Waals surface area (Å²) in [4.78, 5) is 42.8. The Bertz CT molecular complexity index is 2010. The van der Waals surface area contributed by atoms with Gasteiger partial charge in [0.25, 0.3) is 11.2 Å². The van der Waals surface area contributed by atoms with E-state index in [2.05, 4.69) is 4.99 Å². The first-order valence-electron chi connectivity index (χ1n) is 14.3. The normalized spacial score (nSPS) is 14.6. The van der Waals surface area contributed by atoms with Crippen molar-refractivity contribution >= 4 is 52.3 Å². The summed E-state index contributed by atoms with van der Waals surface area (Å²) in [6.07, 6.45) is 1.50. The van der Waals surface area contributed by atoms with Crippen molar-refractivity contribution in [2.45, 2.75) is 46.4 Å². The Morgan fingerprint density at radius 1 is 1.13 bits per heavy atom. The highest BCUT2D eigenvalue weighted by Gasteiger charge is 2.35. The van der Waals surface area contributed by atoms with Gasteiger partial charge in [0.2, 0.25) is 0 Å². The quantitative estimate of drug-likeness (QED) is 0.108. The first-order chi connectivity index (χ1) is 22.0. The molecule has 13 heteroatoms. The highest BCUT2D eigenvalue weighted by Crippen LogP contribution is 2.37. The van der Waals surface area contributed by atoms with Gasteiger partial charge in [-0.15, -0.1) is 0 Å². The number of esters is 1. The lowest BCUT2D eigenvalue weighted by Crippen LogP contribution is -2.40. The summed E-state index contributed by atoms with van der Waals surface area (Å²) in [6, 6.07) is 15.6. The predicted octanol–water partition coefficient (Wildman–Crippen LogP) is 6.38. The zero-order valence-electron chi connectivity index (χ0n) is 25.3. The van der Waals surface area contributed by atoms with Gasteiger partial charge in [-0.1, -0.05) is 52.7 Å². The molecule has 0 saturated heterocycles. The molecule has 1 aliphatic rings. The Morgan fingerprint density at radius 3 is 2.43 bits per heavy atom. The van der Waals surface area contributed by atoms with E-state index in [0.29, 0.717) is 37.5 Å². The summed E-state index contributed by atoms with van der Waals surface area (Å²) in [5.41, 5.74) is 2.16. The maximum atomic E-state index is 14.1. The third-order valence-corrected chi connectivity index (χ3v) is 8.49. The lowest BCUT2D eigenvalue weighted by atomic mass is 9.95. The van der Waals surface area contributed by atoms with E-state index in [1.165, 1.54) is 28.0 Å². The maximum absolute atomic E-state index is 14.1. The maximum Gasteiger partial charge on any atom is 0.338 e. The molecular weight excluding hydrogens is 653 g/mol. The second-order valence-electron chi connectivity index (χ2n) is 10.5. The van der Waals surface area contributed by atoms with Gasteiger partial charge in [-0.3, -0.25) is 19.5 Å².